The van der Waals surface area contributed by atoms with Crippen LogP contribution in [0.5, 0.6) is 0 Å². The lowest BCUT2D eigenvalue weighted by molar-refractivity contribution is 0.395. The van der Waals surface area contributed by atoms with Crippen molar-refractivity contribution in [3.63, 3.8) is 0 Å². The van der Waals surface area contributed by atoms with Gasteiger partial charge >= 0.3 is 11.4 Å². The Morgan fingerprint density at radius 3 is 1.67 bits per heavy atom. The van der Waals surface area contributed by atoms with Crippen molar-refractivity contribution in [1.29, 1.82) is 0 Å². The molecule has 0 atom stereocenters. The van der Waals surface area contributed by atoms with E-state index in [0.717, 1.165) is 119 Å². The molecular formula is C39H39BrN16O2. The molecule has 2 aliphatic rings. The van der Waals surface area contributed by atoms with E-state index < -0.39 is 0 Å². The first-order valence-corrected chi connectivity index (χ1v) is 20.0. The Morgan fingerprint density at radius 2 is 1.16 bits per heavy atom. The first-order chi connectivity index (χ1) is 28.3. The van der Waals surface area contributed by atoms with E-state index in [1.165, 1.54) is 0 Å². The molecule has 0 unspecified atom stereocenters. The molecule has 2 N–H and O–H groups in total. The largest absolute Gasteiger partial charge is 0.355 e. The van der Waals surface area contributed by atoms with Gasteiger partial charge in [0.15, 0.2) is 38.7 Å². The fourth-order valence-corrected chi connectivity index (χ4v) is 8.90. The molecule has 7 aromatic heterocycles. The van der Waals surface area contributed by atoms with Gasteiger partial charge in [0.25, 0.3) is 0 Å². The predicted octanol–water partition coefficient (Wildman–Crippen LogP) is 4.64. The van der Waals surface area contributed by atoms with Gasteiger partial charge in [-0.1, -0.05) is 24.3 Å². The molecule has 0 amide bonds. The first kappa shape index (κ1) is 35.8. The van der Waals surface area contributed by atoms with Crippen molar-refractivity contribution in [2.75, 3.05) is 36.0 Å². The van der Waals surface area contributed by atoms with Crippen molar-refractivity contribution < 1.29 is 0 Å². The number of nitrogens with zero attached hydrogens (tertiary/aromatic N) is 14. The van der Waals surface area contributed by atoms with Crippen molar-refractivity contribution >= 4 is 72.0 Å². The Labute approximate surface area is 338 Å². The summed E-state index contributed by atoms with van der Waals surface area (Å²) >= 11 is 3.46. The van der Waals surface area contributed by atoms with E-state index >= 15 is 0 Å². The highest BCUT2D eigenvalue weighted by atomic mass is 79.9. The Balaban J connectivity index is 0.000000142. The van der Waals surface area contributed by atoms with Crippen LogP contribution in [0.4, 0.5) is 11.6 Å². The van der Waals surface area contributed by atoms with E-state index in [2.05, 4.69) is 65.6 Å². The van der Waals surface area contributed by atoms with Crippen molar-refractivity contribution in [3.8, 4) is 5.95 Å². The van der Waals surface area contributed by atoms with Gasteiger partial charge in [-0.15, -0.1) is 0 Å². The summed E-state index contributed by atoms with van der Waals surface area (Å²) in [6, 6.07) is 16.0. The summed E-state index contributed by atoms with van der Waals surface area (Å²) in [5, 5.41) is 0. The van der Waals surface area contributed by atoms with Crippen LogP contribution in [0.25, 0.3) is 50.3 Å². The molecule has 19 heteroatoms. The molecule has 9 aromatic rings. The number of imidazole rings is 5. The van der Waals surface area contributed by atoms with Crippen LogP contribution in [0.15, 0.2) is 94.2 Å². The summed E-state index contributed by atoms with van der Waals surface area (Å²) in [6.45, 7) is 3.22. The van der Waals surface area contributed by atoms with Gasteiger partial charge in [0.05, 0.1) is 22.1 Å². The Hall–Kier alpha value is -6.63. The van der Waals surface area contributed by atoms with E-state index in [0.29, 0.717) is 0 Å². The molecule has 0 spiro atoms. The summed E-state index contributed by atoms with van der Waals surface area (Å²) in [5.41, 5.74) is 6.79. The van der Waals surface area contributed by atoms with Crippen molar-refractivity contribution in [2.45, 2.75) is 37.8 Å². The molecule has 2 saturated heterocycles. The van der Waals surface area contributed by atoms with Gasteiger partial charge in [-0.05, 0) is 65.9 Å². The average molecular weight is 844 g/mol. The fourth-order valence-electron chi connectivity index (χ4n) is 8.55. The number of hydrogen-bond acceptors (Lipinski definition) is 11. The third-order valence-electron chi connectivity index (χ3n) is 11.4. The number of halogens is 1. The van der Waals surface area contributed by atoms with Gasteiger partial charge in [-0.3, -0.25) is 18.3 Å². The van der Waals surface area contributed by atoms with Gasteiger partial charge in [-0.2, -0.15) is 0 Å². The molecule has 0 radical (unpaired) electrons. The molecule has 58 heavy (non-hydrogen) atoms. The molecule has 2 aliphatic heterocycles. The van der Waals surface area contributed by atoms with Crippen LogP contribution in [-0.2, 0) is 14.1 Å². The van der Waals surface area contributed by atoms with E-state index in [-0.39, 0.29) is 23.5 Å². The van der Waals surface area contributed by atoms with Crippen LogP contribution >= 0.6 is 15.9 Å². The van der Waals surface area contributed by atoms with Crippen LogP contribution in [0.1, 0.15) is 37.8 Å². The zero-order valence-electron chi connectivity index (χ0n) is 31.8. The molecule has 294 valence electrons. The van der Waals surface area contributed by atoms with Crippen LogP contribution in [0.2, 0.25) is 0 Å². The second-order valence-electron chi connectivity index (χ2n) is 14.7. The zero-order chi connectivity index (χ0) is 39.5. The number of nitrogens with one attached hydrogen (secondary N) is 2. The molecule has 0 saturated carbocycles. The highest BCUT2D eigenvalue weighted by Gasteiger charge is 2.28. The fraction of sp³-hybridized carbons (Fsp3) is 0.308. The number of para-hydroxylation sites is 4. The number of H-pyrrole nitrogens is 2. The smallest absolute Gasteiger partial charge is 0.326 e. The SMILES string of the molecule is Cn1c(-n2ccnc2)nc2c(N3CCC(n4c(=O)[nH]c5ccccc54)CC3)ncnc21.Cn1c(Br)nc2c(N3CCC(n4c(=O)[nH]c5ccccc54)CC3)ncnc21. The molecule has 2 aromatic carbocycles. The monoisotopic (exact) mass is 842 g/mol. The molecule has 0 bridgehead atoms. The Morgan fingerprint density at radius 1 is 0.655 bits per heavy atom. The second kappa shape index (κ2) is 14.4. The number of aromatic nitrogens is 14. The highest BCUT2D eigenvalue weighted by Crippen LogP contribution is 2.32. The third kappa shape index (κ3) is 6.03. The van der Waals surface area contributed by atoms with Crippen LogP contribution < -0.4 is 21.2 Å². The number of anilines is 2. The predicted molar refractivity (Wildman–Crippen MR) is 224 cm³/mol. The maximum Gasteiger partial charge on any atom is 0.326 e. The minimum absolute atomic E-state index is 0.0345. The highest BCUT2D eigenvalue weighted by molar-refractivity contribution is 9.10. The summed E-state index contributed by atoms with van der Waals surface area (Å²) in [7, 11) is 3.86. The number of fused-ring (bicyclic) bond motifs is 4. The van der Waals surface area contributed by atoms with Gasteiger partial charge in [-0.25, -0.2) is 44.5 Å². The van der Waals surface area contributed by atoms with Gasteiger partial charge in [0.1, 0.15) is 19.0 Å². The normalized spacial score (nSPS) is 15.6. The van der Waals surface area contributed by atoms with Gasteiger partial charge in [0, 0.05) is 64.8 Å². The van der Waals surface area contributed by atoms with Crippen molar-refractivity contribution in [1.82, 2.24) is 67.7 Å². The molecule has 9 heterocycles. The van der Waals surface area contributed by atoms with Gasteiger partial charge < -0.3 is 24.3 Å². The quantitative estimate of drug-likeness (QED) is 0.230. The second-order valence-corrected chi connectivity index (χ2v) is 15.4. The standard InChI is InChI=1S/C21H21N9O.C18H18BrN7O/c1-27-18-17(26-20(27)29-11-8-22-13-29)19(24-12-23-18)28-9-6-14(7-10-28)30-16-5-3-2-4-15(16)25-21(30)31;1-24-15-14(23-17(24)19)16(21-10-20-15)25-8-6-11(7-9-25)26-13-5-3-2-4-12(13)22-18(26)27/h2-5,8,11-14H,6-7,9-10H2,1H3,(H,25,31);2-5,10-11H,6-9H2,1H3,(H,22,27). The maximum absolute atomic E-state index is 12.6. The summed E-state index contributed by atoms with van der Waals surface area (Å²) in [5.74, 6) is 2.43. The third-order valence-corrected chi connectivity index (χ3v) is 12.1. The average Bonchev–Trinajstić information content (AvgIpc) is 4.08. The van der Waals surface area contributed by atoms with Crippen LogP contribution in [0.3, 0.4) is 0 Å². The lowest BCUT2D eigenvalue weighted by Gasteiger charge is -2.33. The zero-order valence-corrected chi connectivity index (χ0v) is 33.4. The topological polar surface area (TPSA) is 187 Å². The minimum Gasteiger partial charge on any atom is -0.355 e. The minimum atomic E-state index is -0.0428. The van der Waals surface area contributed by atoms with E-state index in [1.54, 1.807) is 25.2 Å². The van der Waals surface area contributed by atoms with Crippen molar-refractivity contribution in [3.05, 3.63) is 106 Å². The summed E-state index contributed by atoms with van der Waals surface area (Å²) in [6.07, 6.45) is 11.9. The van der Waals surface area contributed by atoms with E-state index in [1.807, 2.05) is 91.7 Å². The lowest BCUT2D eigenvalue weighted by Crippen LogP contribution is -2.37. The number of aryl methyl sites for hydroxylation is 2. The number of rotatable bonds is 5. The molecule has 0 aliphatic carbocycles. The Bertz CT molecular complexity index is 3050. The molecule has 2 fully saturated rings. The number of piperidine rings is 2. The van der Waals surface area contributed by atoms with E-state index in [9.17, 15) is 9.59 Å². The van der Waals surface area contributed by atoms with E-state index in [4.69, 9.17) is 4.98 Å². The van der Waals surface area contributed by atoms with Gasteiger partial charge in [0.2, 0.25) is 5.95 Å². The molecule has 11 rings (SSSR count). The molecule has 18 nitrogen and oxygen atoms in total. The number of hydrogen-bond donors (Lipinski definition) is 2. The summed E-state index contributed by atoms with van der Waals surface area (Å²) in [4.78, 5) is 66.8. The number of benzene rings is 2. The maximum atomic E-state index is 12.6. The summed E-state index contributed by atoms with van der Waals surface area (Å²) < 4.78 is 10.2. The number of aromatic amines is 2. The van der Waals surface area contributed by atoms with Crippen LogP contribution in [-0.4, -0.2) is 93.9 Å². The van der Waals surface area contributed by atoms with Crippen LogP contribution in [0, 0.1) is 0 Å². The lowest BCUT2D eigenvalue weighted by atomic mass is 10.0. The first-order valence-electron chi connectivity index (χ1n) is 19.2. The Kier molecular flexibility index (Phi) is 8.87. The molecular weight excluding hydrogens is 804 g/mol. The van der Waals surface area contributed by atoms with Crippen molar-refractivity contribution in [2.24, 2.45) is 14.1 Å².